The van der Waals surface area contributed by atoms with Crippen molar-refractivity contribution in [1.82, 2.24) is 4.72 Å². The van der Waals surface area contributed by atoms with E-state index >= 15 is 0 Å². The van der Waals surface area contributed by atoms with Crippen molar-refractivity contribution in [2.45, 2.75) is 36.4 Å². The summed E-state index contributed by atoms with van der Waals surface area (Å²) in [5, 5.41) is 0.286. The molecule has 0 aromatic heterocycles. The Morgan fingerprint density at radius 3 is 2.14 bits per heavy atom. The third-order valence-corrected chi connectivity index (χ3v) is 4.80. The third kappa shape index (κ3) is 5.15. The number of alkyl halides is 3. The molecular formula is C12H14ClF3N2O3S. The van der Waals surface area contributed by atoms with E-state index in [0.717, 1.165) is 19.1 Å². The number of rotatable bonds is 6. The molecule has 1 rings (SSSR count). The van der Waals surface area contributed by atoms with Crippen LogP contribution in [0.2, 0.25) is 5.02 Å². The van der Waals surface area contributed by atoms with Crippen LogP contribution in [-0.2, 0) is 14.8 Å². The Morgan fingerprint density at radius 2 is 1.73 bits per heavy atom. The van der Waals surface area contributed by atoms with Crippen LogP contribution in [0.1, 0.15) is 19.8 Å². The summed E-state index contributed by atoms with van der Waals surface area (Å²) < 4.78 is 63.1. The minimum Gasteiger partial charge on any atom is -0.368 e. The molecule has 3 N–H and O–H groups in total. The van der Waals surface area contributed by atoms with Gasteiger partial charge in [-0.15, -0.1) is 0 Å². The van der Waals surface area contributed by atoms with E-state index in [1.807, 2.05) is 4.72 Å². The lowest BCUT2D eigenvalue weighted by Gasteiger charge is -2.27. The number of carbonyl (C=O) groups excluding carboxylic acids is 1. The SMILES string of the molecule is CC(CCC(F)(F)F)(NS(=O)(=O)c1ccc(Cl)cc1)C(N)=O. The monoisotopic (exact) mass is 358 g/mol. The van der Waals surface area contributed by atoms with E-state index in [2.05, 4.69) is 0 Å². The number of hydrogen-bond acceptors (Lipinski definition) is 3. The van der Waals surface area contributed by atoms with Crippen LogP contribution < -0.4 is 10.5 Å². The van der Waals surface area contributed by atoms with Crippen LogP contribution in [0.25, 0.3) is 0 Å². The van der Waals surface area contributed by atoms with Gasteiger partial charge in [-0.05, 0) is 37.6 Å². The summed E-state index contributed by atoms with van der Waals surface area (Å²) in [4.78, 5) is 11.2. The Labute approximate surface area is 130 Å². The molecule has 0 fully saturated rings. The van der Waals surface area contributed by atoms with Gasteiger partial charge in [0.15, 0.2) is 0 Å². The predicted molar refractivity (Wildman–Crippen MR) is 74.7 cm³/mol. The van der Waals surface area contributed by atoms with Gasteiger partial charge in [-0.25, -0.2) is 8.42 Å². The van der Waals surface area contributed by atoms with Gasteiger partial charge in [0.1, 0.15) is 5.54 Å². The normalized spacial score (nSPS) is 15.3. The van der Waals surface area contributed by atoms with E-state index in [-0.39, 0.29) is 9.92 Å². The van der Waals surface area contributed by atoms with Crippen molar-refractivity contribution in [2.75, 3.05) is 0 Å². The molecule has 1 unspecified atom stereocenters. The minimum absolute atomic E-state index is 0.239. The number of hydrogen-bond donors (Lipinski definition) is 2. The molecule has 0 heterocycles. The van der Waals surface area contributed by atoms with Gasteiger partial charge in [0, 0.05) is 11.4 Å². The Balaban J connectivity index is 3.03. The fourth-order valence-corrected chi connectivity index (χ4v) is 3.12. The molecule has 10 heteroatoms. The van der Waals surface area contributed by atoms with E-state index in [0.29, 0.717) is 0 Å². The van der Waals surface area contributed by atoms with Gasteiger partial charge in [-0.1, -0.05) is 11.6 Å². The fourth-order valence-electron chi connectivity index (χ4n) is 1.59. The molecule has 0 saturated carbocycles. The Kier molecular flexibility index (Phi) is 5.47. The predicted octanol–water partition coefficient (Wildman–Crippen LogP) is 2.20. The van der Waals surface area contributed by atoms with Crippen LogP contribution in [0.3, 0.4) is 0 Å². The molecule has 1 aromatic carbocycles. The second-order valence-corrected chi connectivity index (χ2v) is 6.99. The van der Waals surface area contributed by atoms with Gasteiger partial charge < -0.3 is 5.73 Å². The average molecular weight is 359 g/mol. The molecule has 0 aliphatic heterocycles. The van der Waals surface area contributed by atoms with Crippen LogP contribution in [-0.4, -0.2) is 26.0 Å². The van der Waals surface area contributed by atoms with Gasteiger partial charge >= 0.3 is 6.18 Å². The molecule has 1 atom stereocenters. The second-order valence-electron chi connectivity index (χ2n) is 4.87. The first kappa shape index (κ1) is 18.7. The maximum Gasteiger partial charge on any atom is 0.389 e. The summed E-state index contributed by atoms with van der Waals surface area (Å²) in [6.45, 7) is 1.01. The number of primary amides is 1. The van der Waals surface area contributed by atoms with Crippen molar-refractivity contribution in [3.63, 3.8) is 0 Å². The first-order valence-corrected chi connectivity index (χ1v) is 7.88. The summed E-state index contributed by atoms with van der Waals surface area (Å²) in [7, 11) is -4.22. The van der Waals surface area contributed by atoms with E-state index < -0.39 is 40.5 Å². The van der Waals surface area contributed by atoms with Crippen molar-refractivity contribution < 1.29 is 26.4 Å². The highest BCUT2D eigenvalue weighted by atomic mass is 35.5. The van der Waals surface area contributed by atoms with Crippen LogP contribution >= 0.6 is 11.6 Å². The number of sulfonamides is 1. The molecule has 1 amide bonds. The summed E-state index contributed by atoms with van der Waals surface area (Å²) in [5.41, 5.74) is 2.99. The zero-order valence-electron chi connectivity index (χ0n) is 11.4. The fraction of sp³-hybridized carbons (Fsp3) is 0.417. The number of carbonyl (C=O) groups is 1. The molecule has 0 aliphatic rings. The van der Waals surface area contributed by atoms with Crippen LogP contribution in [0.4, 0.5) is 13.2 Å². The first-order chi connectivity index (χ1) is 9.86. The Bertz CT molecular complexity index is 647. The molecule has 22 heavy (non-hydrogen) atoms. The zero-order chi connectivity index (χ0) is 17.2. The number of halogens is 4. The molecule has 0 radical (unpaired) electrons. The standard InChI is InChI=1S/C12H14ClF3N2O3S/c1-11(10(17)19,6-7-12(14,15)16)18-22(20,21)9-4-2-8(13)3-5-9/h2-5,18H,6-7H2,1H3,(H2,17,19). The Hall–Kier alpha value is -1.32. The van der Waals surface area contributed by atoms with Crippen LogP contribution in [0, 0.1) is 0 Å². The molecule has 1 aromatic rings. The van der Waals surface area contributed by atoms with Gasteiger partial charge in [0.05, 0.1) is 4.90 Å². The summed E-state index contributed by atoms with van der Waals surface area (Å²) >= 11 is 5.63. The lowest BCUT2D eigenvalue weighted by molar-refractivity contribution is -0.141. The molecular weight excluding hydrogens is 345 g/mol. The molecule has 0 saturated heterocycles. The minimum atomic E-state index is -4.54. The quantitative estimate of drug-likeness (QED) is 0.817. The molecule has 124 valence electrons. The lowest BCUT2D eigenvalue weighted by Crippen LogP contribution is -2.55. The maximum atomic E-state index is 12.3. The topological polar surface area (TPSA) is 89.3 Å². The van der Waals surface area contributed by atoms with Gasteiger partial charge in [-0.2, -0.15) is 17.9 Å². The smallest absolute Gasteiger partial charge is 0.368 e. The van der Waals surface area contributed by atoms with Crippen molar-refractivity contribution >= 4 is 27.5 Å². The van der Waals surface area contributed by atoms with Crippen LogP contribution in [0.5, 0.6) is 0 Å². The lowest BCUT2D eigenvalue weighted by atomic mass is 9.96. The zero-order valence-corrected chi connectivity index (χ0v) is 13.0. The first-order valence-electron chi connectivity index (χ1n) is 6.02. The highest BCUT2D eigenvalue weighted by molar-refractivity contribution is 7.89. The van der Waals surface area contributed by atoms with Crippen LogP contribution in [0.15, 0.2) is 29.2 Å². The van der Waals surface area contributed by atoms with E-state index in [1.165, 1.54) is 12.1 Å². The highest BCUT2D eigenvalue weighted by Gasteiger charge is 2.40. The third-order valence-electron chi connectivity index (χ3n) is 2.94. The maximum absolute atomic E-state index is 12.3. The van der Waals surface area contributed by atoms with Crippen molar-refractivity contribution in [1.29, 1.82) is 0 Å². The van der Waals surface area contributed by atoms with E-state index in [4.69, 9.17) is 17.3 Å². The van der Waals surface area contributed by atoms with Gasteiger partial charge in [0.25, 0.3) is 0 Å². The van der Waals surface area contributed by atoms with E-state index in [1.54, 1.807) is 0 Å². The van der Waals surface area contributed by atoms with Gasteiger partial charge in [-0.3, -0.25) is 4.79 Å². The summed E-state index contributed by atoms with van der Waals surface area (Å²) in [6, 6.07) is 4.92. The molecule has 0 aliphatic carbocycles. The second kappa shape index (κ2) is 6.43. The highest BCUT2D eigenvalue weighted by Crippen LogP contribution is 2.27. The molecule has 5 nitrogen and oxygen atoms in total. The van der Waals surface area contributed by atoms with Crippen molar-refractivity contribution in [2.24, 2.45) is 5.73 Å². The molecule has 0 spiro atoms. The van der Waals surface area contributed by atoms with Gasteiger partial charge in [0.2, 0.25) is 15.9 Å². The summed E-state index contributed by atoms with van der Waals surface area (Å²) in [5.74, 6) is -1.20. The van der Waals surface area contributed by atoms with E-state index in [9.17, 15) is 26.4 Å². The number of amides is 1. The number of nitrogens with two attached hydrogens (primary N) is 1. The average Bonchev–Trinajstić information content (AvgIpc) is 2.35. The largest absolute Gasteiger partial charge is 0.389 e. The molecule has 0 bridgehead atoms. The number of nitrogens with one attached hydrogen (secondary N) is 1. The Morgan fingerprint density at radius 1 is 1.23 bits per heavy atom. The van der Waals surface area contributed by atoms with Crippen molar-refractivity contribution in [3.8, 4) is 0 Å². The number of benzene rings is 1. The summed E-state index contributed by atoms with van der Waals surface area (Å²) in [6.07, 6.45) is -6.70. The van der Waals surface area contributed by atoms with Crippen molar-refractivity contribution in [3.05, 3.63) is 29.3 Å².